The van der Waals surface area contributed by atoms with Gasteiger partial charge in [-0.1, -0.05) is 32.0 Å². The van der Waals surface area contributed by atoms with Crippen LogP contribution in [-0.2, 0) is 28.4 Å². The molecule has 2 aliphatic rings. The summed E-state index contributed by atoms with van der Waals surface area (Å²) in [6.45, 7) is 8.85. The number of aromatic nitrogens is 1. The minimum Gasteiger partial charge on any atom is -0.497 e. The van der Waals surface area contributed by atoms with Crippen molar-refractivity contribution in [3.63, 3.8) is 0 Å². The number of aryl methyl sites for hydroxylation is 1. The Morgan fingerprint density at radius 1 is 1.33 bits per heavy atom. The van der Waals surface area contributed by atoms with Gasteiger partial charge >= 0.3 is 5.97 Å². The van der Waals surface area contributed by atoms with E-state index in [-0.39, 0.29) is 10.8 Å². The number of ether oxygens (including phenoxy) is 2. The zero-order chi connectivity index (χ0) is 19.4. The number of methoxy groups -OCH3 is 1. The largest absolute Gasteiger partial charge is 0.497 e. The van der Waals surface area contributed by atoms with E-state index < -0.39 is 5.97 Å². The number of carbonyl (C=O) groups excluding carboxylic acids is 1. The lowest BCUT2D eigenvalue weighted by molar-refractivity contribution is 0.0513. The van der Waals surface area contributed by atoms with Crippen LogP contribution in [0.1, 0.15) is 67.1 Å². The van der Waals surface area contributed by atoms with Crippen LogP contribution in [0.5, 0.6) is 5.75 Å². The molecule has 1 aromatic heterocycles. The summed E-state index contributed by atoms with van der Waals surface area (Å²) in [5.41, 5.74) is 3.56. The molecule has 144 valence electrons. The SMILES string of the molecule is CCOC(=O)c1noc2c1C[C@]1(C)c3cc(OC)ccc3CC[C@H]1C2(C)C. The predicted molar refractivity (Wildman–Crippen MR) is 101 cm³/mol. The lowest BCUT2D eigenvalue weighted by Gasteiger charge is -2.52. The fourth-order valence-corrected chi connectivity index (χ4v) is 5.48. The van der Waals surface area contributed by atoms with Gasteiger partial charge in [0.15, 0.2) is 5.69 Å². The maximum atomic E-state index is 12.4. The highest BCUT2D eigenvalue weighted by atomic mass is 16.5. The molecule has 0 amide bonds. The minimum absolute atomic E-state index is 0.120. The van der Waals surface area contributed by atoms with Crippen molar-refractivity contribution < 1.29 is 18.8 Å². The first-order chi connectivity index (χ1) is 12.8. The summed E-state index contributed by atoms with van der Waals surface area (Å²) in [6.07, 6.45) is 2.84. The van der Waals surface area contributed by atoms with Gasteiger partial charge < -0.3 is 14.0 Å². The first kappa shape index (κ1) is 18.1. The molecular weight excluding hydrogens is 342 g/mol. The highest BCUT2D eigenvalue weighted by molar-refractivity contribution is 5.89. The minimum atomic E-state index is -0.401. The van der Waals surface area contributed by atoms with E-state index in [1.54, 1.807) is 14.0 Å². The molecule has 0 saturated heterocycles. The van der Waals surface area contributed by atoms with Crippen molar-refractivity contribution in [3.05, 3.63) is 46.3 Å². The Hall–Kier alpha value is -2.30. The predicted octanol–water partition coefficient (Wildman–Crippen LogP) is 4.21. The van der Waals surface area contributed by atoms with E-state index in [2.05, 4.69) is 38.1 Å². The molecule has 5 heteroatoms. The summed E-state index contributed by atoms with van der Waals surface area (Å²) < 4.78 is 16.4. The zero-order valence-corrected chi connectivity index (χ0v) is 16.7. The van der Waals surface area contributed by atoms with Crippen LogP contribution in [0.2, 0.25) is 0 Å². The highest BCUT2D eigenvalue weighted by Crippen LogP contribution is 2.57. The van der Waals surface area contributed by atoms with Gasteiger partial charge in [0, 0.05) is 16.4 Å². The van der Waals surface area contributed by atoms with E-state index in [9.17, 15) is 4.79 Å². The van der Waals surface area contributed by atoms with Crippen molar-refractivity contribution in [3.8, 4) is 5.75 Å². The molecule has 2 aliphatic carbocycles. The summed E-state index contributed by atoms with van der Waals surface area (Å²) in [4.78, 5) is 12.4. The number of hydrogen-bond acceptors (Lipinski definition) is 5. The van der Waals surface area contributed by atoms with Crippen LogP contribution in [0.4, 0.5) is 0 Å². The third kappa shape index (κ3) is 2.51. The molecule has 0 N–H and O–H groups in total. The zero-order valence-electron chi connectivity index (χ0n) is 16.7. The molecule has 0 unspecified atom stereocenters. The van der Waals surface area contributed by atoms with Gasteiger partial charge in [-0.25, -0.2) is 4.79 Å². The van der Waals surface area contributed by atoms with Crippen LogP contribution in [0.15, 0.2) is 22.7 Å². The van der Waals surface area contributed by atoms with Gasteiger partial charge in [-0.05, 0) is 55.4 Å². The molecule has 0 fully saturated rings. The molecule has 2 atom stereocenters. The maximum absolute atomic E-state index is 12.4. The lowest BCUT2D eigenvalue weighted by Crippen LogP contribution is -2.51. The first-order valence-corrected chi connectivity index (χ1v) is 9.66. The molecule has 0 spiro atoms. The Morgan fingerprint density at radius 2 is 2.11 bits per heavy atom. The van der Waals surface area contributed by atoms with Crippen LogP contribution in [0, 0.1) is 5.92 Å². The normalized spacial score (nSPS) is 25.1. The van der Waals surface area contributed by atoms with Gasteiger partial charge in [-0.2, -0.15) is 0 Å². The number of fused-ring (bicyclic) bond motifs is 4. The third-order valence-electron chi connectivity index (χ3n) is 6.66. The second-order valence-electron chi connectivity index (χ2n) is 8.49. The van der Waals surface area contributed by atoms with Crippen LogP contribution >= 0.6 is 0 Å². The molecule has 0 saturated carbocycles. The van der Waals surface area contributed by atoms with Gasteiger partial charge in [-0.3, -0.25) is 0 Å². The van der Waals surface area contributed by atoms with Crippen LogP contribution in [-0.4, -0.2) is 24.8 Å². The number of nitrogens with zero attached hydrogens (tertiary/aromatic N) is 1. The Bertz CT molecular complexity index is 898. The van der Waals surface area contributed by atoms with Crippen molar-refractivity contribution in [2.24, 2.45) is 5.92 Å². The smallest absolute Gasteiger partial charge is 0.360 e. The molecular formula is C22H27NO4. The summed E-state index contributed by atoms with van der Waals surface area (Å²) in [5, 5.41) is 4.12. The maximum Gasteiger partial charge on any atom is 0.360 e. The van der Waals surface area contributed by atoms with Crippen molar-refractivity contribution in [1.29, 1.82) is 0 Å². The van der Waals surface area contributed by atoms with Crippen molar-refractivity contribution in [1.82, 2.24) is 5.16 Å². The van der Waals surface area contributed by atoms with E-state index in [0.717, 1.165) is 29.9 Å². The summed E-state index contributed by atoms with van der Waals surface area (Å²) in [6, 6.07) is 6.38. The fraction of sp³-hybridized carbons (Fsp3) is 0.545. The van der Waals surface area contributed by atoms with Crippen molar-refractivity contribution in [2.45, 2.75) is 57.8 Å². The Kier molecular flexibility index (Phi) is 4.09. The van der Waals surface area contributed by atoms with Crippen LogP contribution < -0.4 is 4.74 Å². The molecule has 1 aromatic carbocycles. The average Bonchev–Trinajstić information content (AvgIpc) is 3.06. The van der Waals surface area contributed by atoms with E-state index >= 15 is 0 Å². The van der Waals surface area contributed by atoms with E-state index in [0.29, 0.717) is 24.6 Å². The number of esters is 1. The summed E-state index contributed by atoms with van der Waals surface area (Å²) in [7, 11) is 1.70. The number of rotatable bonds is 3. The third-order valence-corrected chi connectivity index (χ3v) is 6.66. The van der Waals surface area contributed by atoms with Gasteiger partial charge in [0.05, 0.1) is 13.7 Å². The number of carbonyl (C=O) groups is 1. The average molecular weight is 369 g/mol. The molecule has 1 heterocycles. The van der Waals surface area contributed by atoms with Crippen LogP contribution in [0.25, 0.3) is 0 Å². The van der Waals surface area contributed by atoms with E-state index in [1.165, 1.54) is 11.1 Å². The Balaban J connectivity index is 1.88. The Morgan fingerprint density at radius 3 is 2.81 bits per heavy atom. The number of benzene rings is 1. The van der Waals surface area contributed by atoms with Gasteiger partial charge in [0.25, 0.3) is 0 Å². The molecule has 27 heavy (non-hydrogen) atoms. The first-order valence-electron chi connectivity index (χ1n) is 9.66. The molecule has 2 aromatic rings. The van der Waals surface area contributed by atoms with Crippen molar-refractivity contribution >= 4 is 5.97 Å². The molecule has 0 radical (unpaired) electrons. The summed E-state index contributed by atoms with van der Waals surface area (Å²) in [5.74, 6) is 1.69. The van der Waals surface area contributed by atoms with Gasteiger partial charge in [0.1, 0.15) is 11.5 Å². The van der Waals surface area contributed by atoms with Gasteiger partial charge in [0.2, 0.25) is 0 Å². The number of hydrogen-bond donors (Lipinski definition) is 0. The molecule has 4 rings (SSSR count). The summed E-state index contributed by atoms with van der Waals surface area (Å²) >= 11 is 0. The highest BCUT2D eigenvalue weighted by Gasteiger charge is 2.55. The van der Waals surface area contributed by atoms with E-state index in [1.807, 2.05) is 6.07 Å². The quantitative estimate of drug-likeness (QED) is 0.758. The monoisotopic (exact) mass is 369 g/mol. The van der Waals surface area contributed by atoms with Crippen LogP contribution in [0.3, 0.4) is 0 Å². The van der Waals surface area contributed by atoms with E-state index in [4.69, 9.17) is 14.0 Å². The lowest BCUT2D eigenvalue weighted by atomic mass is 9.50. The second-order valence-corrected chi connectivity index (χ2v) is 8.49. The molecule has 0 aliphatic heterocycles. The molecule has 0 bridgehead atoms. The standard InChI is InChI=1S/C22H27NO4/c1-6-26-20(24)18-15-12-22(4)16-11-14(25-5)9-7-13(16)8-10-17(22)21(2,3)19(15)27-23-18/h7,9,11,17H,6,8,10,12H2,1-5H3/t17-,22+/m0/s1. The molecule has 5 nitrogen and oxygen atoms in total. The topological polar surface area (TPSA) is 61.6 Å². The van der Waals surface area contributed by atoms with Gasteiger partial charge in [-0.15, -0.1) is 0 Å². The fourth-order valence-electron chi connectivity index (χ4n) is 5.48. The van der Waals surface area contributed by atoms with Crippen molar-refractivity contribution in [2.75, 3.05) is 13.7 Å². The Labute approximate surface area is 160 Å². The second kappa shape index (κ2) is 6.11.